The Balaban J connectivity index is 1.40. The Labute approximate surface area is 165 Å². The lowest BCUT2D eigenvalue weighted by molar-refractivity contribution is -0.141. The van der Waals surface area contributed by atoms with Gasteiger partial charge in [0.15, 0.2) is 5.69 Å². The molecule has 1 amide bonds. The van der Waals surface area contributed by atoms with E-state index in [1.54, 1.807) is 29.2 Å². The number of hydrogen-bond acceptors (Lipinski definition) is 3. The first-order valence-electron chi connectivity index (χ1n) is 9.24. The van der Waals surface area contributed by atoms with Crippen LogP contribution >= 0.6 is 0 Å². The summed E-state index contributed by atoms with van der Waals surface area (Å²) in [5, 5.41) is 6.97. The van der Waals surface area contributed by atoms with Gasteiger partial charge in [-0.05, 0) is 48.9 Å². The summed E-state index contributed by atoms with van der Waals surface area (Å²) in [4.78, 5) is 14.5. The zero-order valence-corrected chi connectivity index (χ0v) is 15.4. The Morgan fingerprint density at radius 1 is 1.03 bits per heavy atom. The summed E-state index contributed by atoms with van der Waals surface area (Å²) >= 11 is 0. The number of nitrogens with zero attached hydrogens (tertiary/aromatic N) is 3. The normalized spacial score (nSPS) is 16.8. The summed E-state index contributed by atoms with van der Waals surface area (Å²) in [6, 6.07) is 17.4. The van der Waals surface area contributed by atoms with E-state index in [-0.39, 0.29) is 11.9 Å². The second kappa shape index (κ2) is 7.62. The second-order valence-corrected chi connectivity index (χ2v) is 6.94. The maximum atomic E-state index is 12.8. The van der Waals surface area contributed by atoms with E-state index in [2.05, 4.69) is 10.4 Å². The fraction of sp³-hybridized carbons (Fsp3) is 0.238. The molecule has 8 heteroatoms. The van der Waals surface area contributed by atoms with Crippen molar-refractivity contribution in [1.29, 1.82) is 0 Å². The number of alkyl halides is 3. The van der Waals surface area contributed by atoms with E-state index in [4.69, 9.17) is 0 Å². The number of halogens is 3. The van der Waals surface area contributed by atoms with Gasteiger partial charge in [-0.1, -0.05) is 18.2 Å². The molecule has 2 heterocycles. The first kappa shape index (κ1) is 19.0. The number of amides is 1. The lowest BCUT2D eigenvalue weighted by atomic mass is 10.2. The molecule has 0 saturated carbocycles. The monoisotopic (exact) mass is 400 g/mol. The van der Waals surface area contributed by atoms with Gasteiger partial charge in [0.25, 0.3) is 5.91 Å². The van der Waals surface area contributed by atoms with E-state index in [9.17, 15) is 18.0 Å². The van der Waals surface area contributed by atoms with Crippen LogP contribution in [-0.4, -0.2) is 39.7 Å². The fourth-order valence-electron chi connectivity index (χ4n) is 3.39. The van der Waals surface area contributed by atoms with Crippen molar-refractivity contribution >= 4 is 11.6 Å². The summed E-state index contributed by atoms with van der Waals surface area (Å²) < 4.78 is 39.2. The summed E-state index contributed by atoms with van der Waals surface area (Å²) in [5.41, 5.74) is 1.03. The van der Waals surface area contributed by atoms with Gasteiger partial charge in [-0.2, -0.15) is 18.3 Å². The van der Waals surface area contributed by atoms with Crippen LogP contribution in [-0.2, 0) is 6.18 Å². The number of rotatable bonds is 4. The van der Waals surface area contributed by atoms with Crippen molar-refractivity contribution < 1.29 is 18.0 Å². The Hall–Kier alpha value is -3.29. The predicted molar refractivity (Wildman–Crippen MR) is 103 cm³/mol. The first-order chi connectivity index (χ1) is 13.9. The zero-order valence-electron chi connectivity index (χ0n) is 15.4. The molecule has 0 aliphatic carbocycles. The molecule has 1 fully saturated rings. The predicted octanol–water partition coefficient (Wildman–Crippen LogP) is 4.22. The first-order valence-corrected chi connectivity index (χ1v) is 9.24. The highest BCUT2D eigenvalue weighted by atomic mass is 19.4. The van der Waals surface area contributed by atoms with Crippen molar-refractivity contribution in [3.63, 3.8) is 0 Å². The summed E-state index contributed by atoms with van der Waals surface area (Å²) in [6.07, 6.45) is -2.38. The van der Waals surface area contributed by atoms with Crippen LogP contribution < -0.4 is 5.32 Å². The largest absolute Gasteiger partial charge is 0.435 e. The number of para-hydroxylation sites is 1. The minimum Gasteiger partial charge on any atom is -0.380 e. The van der Waals surface area contributed by atoms with Crippen LogP contribution in [0.3, 0.4) is 0 Å². The molecule has 0 spiro atoms. The number of carbonyl (C=O) groups excluding carboxylic acids is 1. The summed E-state index contributed by atoms with van der Waals surface area (Å²) in [6.45, 7) is 1.25. The smallest absolute Gasteiger partial charge is 0.380 e. The molecular formula is C21H19F3N4O. The van der Waals surface area contributed by atoms with E-state index < -0.39 is 11.9 Å². The van der Waals surface area contributed by atoms with E-state index in [1.165, 1.54) is 6.20 Å². The Kier molecular flexibility index (Phi) is 5.00. The quantitative estimate of drug-likeness (QED) is 0.714. The minimum atomic E-state index is -4.48. The average molecular weight is 400 g/mol. The summed E-state index contributed by atoms with van der Waals surface area (Å²) in [7, 11) is 0. The van der Waals surface area contributed by atoms with Crippen LogP contribution in [0, 0.1) is 0 Å². The van der Waals surface area contributed by atoms with Gasteiger partial charge in [0.2, 0.25) is 0 Å². The van der Waals surface area contributed by atoms with Crippen molar-refractivity contribution in [3.05, 3.63) is 78.1 Å². The number of carbonyl (C=O) groups is 1. The number of benzene rings is 2. The van der Waals surface area contributed by atoms with Gasteiger partial charge in [-0.25, -0.2) is 4.68 Å². The number of nitrogens with one attached hydrogen (secondary N) is 1. The van der Waals surface area contributed by atoms with Crippen LogP contribution in [0.4, 0.5) is 18.9 Å². The SMILES string of the molecule is O=C(c1ccc(-n2ccc(C(F)(F)F)n2)cc1)N1CCC(Nc2ccccc2)C1. The third-order valence-electron chi connectivity index (χ3n) is 4.88. The molecule has 1 N–H and O–H groups in total. The fourth-order valence-corrected chi connectivity index (χ4v) is 3.39. The number of likely N-dealkylation sites (tertiary alicyclic amines) is 1. The highest BCUT2D eigenvalue weighted by Gasteiger charge is 2.33. The third kappa shape index (κ3) is 4.26. The molecule has 0 bridgehead atoms. The van der Waals surface area contributed by atoms with Crippen LogP contribution in [0.1, 0.15) is 22.5 Å². The molecule has 1 aromatic heterocycles. The van der Waals surface area contributed by atoms with E-state index in [0.717, 1.165) is 22.9 Å². The highest BCUT2D eigenvalue weighted by molar-refractivity contribution is 5.94. The van der Waals surface area contributed by atoms with E-state index in [0.29, 0.717) is 24.3 Å². The van der Waals surface area contributed by atoms with Gasteiger partial charge in [-0.15, -0.1) is 0 Å². The van der Waals surface area contributed by atoms with Gasteiger partial charge < -0.3 is 10.2 Å². The molecule has 29 heavy (non-hydrogen) atoms. The number of anilines is 1. The number of hydrogen-bond donors (Lipinski definition) is 1. The van der Waals surface area contributed by atoms with Gasteiger partial charge >= 0.3 is 6.18 Å². The average Bonchev–Trinajstić information content (AvgIpc) is 3.38. The lowest BCUT2D eigenvalue weighted by Gasteiger charge is -2.18. The van der Waals surface area contributed by atoms with Gasteiger partial charge in [-0.3, -0.25) is 4.79 Å². The maximum Gasteiger partial charge on any atom is 0.435 e. The molecule has 1 unspecified atom stereocenters. The molecule has 0 radical (unpaired) electrons. The van der Waals surface area contributed by atoms with E-state index in [1.807, 2.05) is 30.3 Å². The van der Waals surface area contributed by atoms with Crippen molar-refractivity contribution in [1.82, 2.24) is 14.7 Å². The van der Waals surface area contributed by atoms with Crippen molar-refractivity contribution in [3.8, 4) is 5.69 Å². The van der Waals surface area contributed by atoms with Gasteiger partial charge in [0.1, 0.15) is 0 Å². The van der Waals surface area contributed by atoms with Crippen LogP contribution in [0.25, 0.3) is 5.69 Å². The lowest BCUT2D eigenvalue weighted by Crippen LogP contribution is -2.31. The highest BCUT2D eigenvalue weighted by Crippen LogP contribution is 2.28. The van der Waals surface area contributed by atoms with Gasteiger partial charge in [0.05, 0.1) is 5.69 Å². The summed E-state index contributed by atoms with van der Waals surface area (Å²) in [5.74, 6) is -0.0923. The van der Waals surface area contributed by atoms with Crippen molar-refractivity contribution in [2.75, 3.05) is 18.4 Å². The van der Waals surface area contributed by atoms with Crippen molar-refractivity contribution in [2.24, 2.45) is 0 Å². The molecule has 4 rings (SSSR count). The Morgan fingerprint density at radius 2 is 1.76 bits per heavy atom. The molecule has 150 valence electrons. The van der Waals surface area contributed by atoms with Crippen LogP contribution in [0.2, 0.25) is 0 Å². The zero-order chi connectivity index (χ0) is 20.4. The maximum absolute atomic E-state index is 12.8. The van der Waals surface area contributed by atoms with Crippen LogP contribution in [0.15, 0.2) is 66.9 Å². The third-order valence-corrected chi connectivity index (χ3v) is 4.88. The number of aromatic nitrogens is 2. The molecule has 2 aromatic carbocycles. The molecule has 5 nitrogen and oxygen atoms in total. The Bertz CT molecular complexity index is 983. The molecule has 1 aliphatic rings. The molecule has 1 saturated heterocycles. The minimum absolute atomic E-state index is 0.0923. The Morgan fingerprint density at radius 3 is 2.41 bits per heavy atom. The van der Waals surface area contributed by atoms with Crippen molar-refractivity contribution in [2.45, 2.75) is 18.6 Å². The standard InChI is InChI=1S/C21H19F3N4O/c22-21(23,24)19-11-13-28(26-19)18-8-6-15(7-9-18)20(29)27-12-10-17(14-27)25-16-4-2-1-3-5-16/h1-9,11,13,17,25H,10,12,14H2. The topological polar surface area (TPSA) is 50.2 Å². The van der Waals surface area contributed by atoms with E-state index >= 15 is 0 Å². The van der Waals surface area contributed by atoms with Crippen LogP contribution in [0.5, 0.6) is 0 Å². The molecule has 1 aliphatic heterocycles. The second-order valence-electron chi connectivity index (χ2n) is 6.94. The molecule has 3 aromatic rings. The molecular weight excluding hydrogens is 381 g/mol. The van der Waals surface area contributed by atoms with Gasteiger partial charge in [0, 0.05) is 36.6 Å². The molecule has 1 atom stereocenters.